The van der Waals surface area contributed by atoms with Gasteiger partial charge in [-0.3, -0.25) is 4.79 Å². The van der Waals surface area contributed by atoms with Gasteiger partial charge < -0.3 is 5.32 Å². The minimum atomic E-state index is 0.275. The lowest BCUT2D eigenvalue weighted by atomic mass is 10.3. The first kappa shape index (κ1) is 6.63. The van der Waals surface area contributed by atoms with E-state index in [-0.39, 0.29) is 6.04 Å². The lowest BCUT2D eigenvalue weighted by Crippen LogP contribution is -2.20. The van der Waals surface area contributed by atoms with Gasteiger partial charge in [-0.25, -0.2) is 0 Å². The van der Waals surface area contributed by atoms with Crippen molar-refractivity contribution >= 4 is 6.29 Å². The van der Waals surface area contributed by atoms with Crippen molar-refractivity contribution in [2.75, 3.05) is 7.05 Å². The van der Waals surface area contributed by atoms with E-state index in [1.54, 1.807) is 6.29 Å². The largest absolute Gasteiger partial charge is 0.317 e. The van der Waals surface area contributed by atoms with Crippen molar-refractivity contribution in [3.63, 3.8) is 0 Å². The van der Waals surface area contributed by atoms with Crippen LogP contribution < -0.4 is 5.32 Å². The number of nitrogens with one attached hydrogen (secondary N) is 1. The van der Waals surface area contributed by atoms with E-state index >= 15 is 0 Å². The maximum atomic E-state index is 9.61. The van der Waals surface area contributed by atoms with Crippen LogP contribution in [0.5, 0.6) is 0 Å². The molecule has 0 heterocycles. The van der Waals surface area contributed by atoms with Crippen molar-refractivity contribution < 1.29 is 4.79 Å². The summed E-state index contributed by atoms with van der Waals surface area (Å²) in [6, 6.07) is 0.275. The van der Waals surface area contributed by atoms with Crippen molar-refractivity contribution in [3.8, 4) is 0 Å². The van der Waals surface area contributed by atoms with Crippen molar-refractivity contribution in [2.24, 2.45) is 0 Å². The lowest BCUT2D eigenvalue weighted by molar-refractivity contribution is 0.532. The van der Waals surface area contributed by atoms with Crippen molar-refractivity contribution in [2.45, 2.75) is 19.4 Å². The zero-order chi connectivity index (χ0) is 5.70. The molecule has 0 fully saturated rings. The molecular formula is C5H10NO. The Labute approximate surface area is 43.9 Å². The molecule has 0 rings (SSSR count). The van der Waals surface area contributed by atoms with Crippen LogP contribution in [0, 0.1) is 0 Å². The summed E-state index contributed by atoms with van der Waals surface area (Å²) in [5.41, 5.74) is 0. The van der Waals surface area contributed by atoms with Gasteiger partial charge in [-0.15, -0.1) is 0 Å². The highest BCUT2D eigenvalue weighted by Crippen LogP contribution is 1.80. The normalized spacial score (nSPS) is 13.4. The smallest absolute Gasteiger partial charge is 0.199 e. The van der Waals surface area contributed by atoms with E-state index in [1.165, 1.54) is 0 Å². The Morgan fingerprint density at radius 3 is 2.57 bits per heavy atom. The van der Waals surface area contributed by atoms with Gasteiger partial charge in [0.05, 0.1) is 0 Å². The molecule has 0 aliphatic carbocycles. The Kier molecular flexibility index (Phi) is 3.61. The first-order valence-electron chi connectivity index (χ1n) is 2.33. The summed E-state index contributed by atoms with van der Waals surface area (Å²) in [6.07, 6.45) is 2.29. The van der Waals surface area contributed by atoms with Crippen molar-refractivity contribution in [1.29, 1.82) is 0 Å². The molecule has 1 N–H and O–H groups in total. The van der Waals surface area contributed by atoms with E-state index in [4.69, 9.17) is 0 Å². The minimum Gasteiger partial charge on any atom is -0.317 e. The Morgan fingerprint density at radius 1 is 1.86 bits per heavy atom. The van der Waals surface area contributed by atoms with Gasteiger partial charge in [0.15, 0.2) is 6.29 Å². The third-order valence-corrected chi connectivity index (χ3v) is 0.882. The lowest BCUT2D eigenvalue weighted by Gasteiger charge is -2.00. The Morgan fingerprint density at radius 2 is 2.43 bits per heavy atom. The predicted octanol–water partition coefficient (Wildman–Crippen LogP) is 0.0941. The van der Waals surface area contributed by atoms with Crippen LogP contribution in [0.25, 0.3) is 0 Å². The predicted molar refractivity (Wildman–Crippen MR) is 28.8 cm³/mol. The Bertz CT molecular complexity index is 54.0. The van der Waals surface area contributed by atoms with Crippen molar-refractivity contribution in [1.82, 2.24) is 5.32 Å². The minimum absolute atomic E-state index is 0.275. The van der Waals surface area contributed by atoms with Crippen LogP contribution in [0.1, 0.15) is 13.3 Å². The van der Waals surface area contributed by atoms with E-state index in [0.717, 1.165) is 0 Å². The summed E-state index contributed by atoms with van der Waals surface area (Å²) < 4.78 is 0. The van der Waals surface area contributed by atoms with Gasteiger partial charge in [-0.2, -0.15) is 0 Å². The molecule has 0 saturated carbocycles. The Hall–Kier alpha value is -0.370. The SMILES string of the molecule is CNC(C)C[C]=O. The van der Waals surface area contributed by atoms with Gasteiger partial charge in [0.25, 0.3) is 0 Å². The van der Waals surface area contributed by atoms with Gasteiger partial charge in [0.2, 0.25) is 0 Å². The number of hydrogen-bond acceptors (Lipinski definition) is 2. The fourth-order valence-corrected chi connectivity index (χ4v) is 0.227. The molecule has 0 saturated heterocycles. The maximum Gasteiger partial charge on any atom is 0.199 e. The highest BCUT2D eigenvalue weighted by molar-refractivity contribution is 5.51. The van der Waals surface area contributed by atoms with Crippen LogP contribution in [-0.2, 0) is 4.79 Å². The molecule has 1 radical (unpaired) electrons. The van der Waals surface area contributed by atoms with Crippen LogP contribution in [0.15, 0.2) is 0 Å². The number of hydrogen-bond donors (Lipinski definition) is 1. The van der Waals surface area contributed by atoms with Gasteiger partial charge in [0, 0.05) is 12.5 Å². The fraction of sp³-hybridized carbons (Fsp3) is 0.800. The zero-order valence-electron chi connectivity index (χ0n) is 4.69. The van der Waals surface area contributed by atoms with Crippen molar-refractivity contribution in [3.05, 3.63) is 0 Å². The van der Waals surface area contributed by atoms with Gasteiger partial charge in [-0.05, 0) is 14.0 Å². The average molecular weight is 100 g/mol. The summed E-state index contributed by atoms with van der Waals surface area (Å²) in [4.78, 5) is 9.61. The number of rotatable bonds is 3. The molecule has 1 unspecified atom stereocenters. The zero-order valence-corrected chi connectivity index (χ0v) is 4.69. The molecule has 0 amide bonds. The molecule has 41 valence electrons. The van der Waals surface area contributed by atoms with E-state index in [1.807, 2.05) is 14.0 Å². The standard InChI is InChI=1S/C5H10NO/c1-5(6-2)3-4-7/h5-6H,3H2,1-2H3. The second kappa shape index (κ2) is 3.81. The second-order valence-electron chi connectivity index (χ2n) is 1.54. The molecule has 0 aromatic heterocycles. The van der Waals surface area contributed by atoms with E-state index in [9.17, 15) is 4.79 Å². The van der Waals surface area contributed by atoms with E-state index < -0.39 is 0 Å². The number of carbonyl (C=O) groups excluding carboxylic acids is 1. The first-order valence-corrected chi connectivity index (χ1v) is 2.33. The van der Waals surface area contributed by atoms with Crippen LogP contribution in [-0.4, -0.2) is 19.4 Å². The third-order valence-electron chi connectivity index (χ3n) is 0.882. The monoisotopic (exact) mass is 100 g/mol. The highest BCUT2D eigenvalue weighted by atomic mass is 16.1. The third kappa shape index (κ3) is 3.46. The molecule has 0 bridgehead atoms. The molecule has 0 aromatic rings. The van der Waals surface area contributed by atoms with Gasteiger partial charge in [0.1, 0.15) is 0 Å². The molecule has 0 aliphatic rings. The molecule has 2 heteroatoms. The summed E-state index contributed by atoms with van der Waals surface area (Å²) >= 11 is 0. The summed E-state index contributed by atoms with van der Waals surface area (Å²) in [7, 11) is 1.82. The van der Waals surface area contributed by atoms with Gasteiger partial charge >= 0.3 is 0 Å². The molecule has 0 aliphatic heterocycles. The fourth-order valence-electron chi connectivity index (χ4n) is 0.227. The molecular weight excluding hydrogens is 90.1 g/mol. The quantitative estimate of drug-likeness (QED) is 0.544. The molecule has 0 spiro atoms. The van der Waals surface area contributed by atoms with Crippen LogP contribution >= 0.6 is 0 Å². The molecule has 7 heavy (non-hydrogen) atoms. The molecule has 1 atom stereocenters. The van der Waals surface area contributed by atoms with Crippen LogP contribution in [0.4, 0.5) is 0 Å². The van der Waals surface area contributed by atoms with Crippen LogP contribution in [0.3, 0.4) is 0 Å². The highest BCUT2D eigenvalue weighted by Gasteiger charge is 1.92. The maximum absolute atomic E-state index is 9.61. The van der Waals surface area contributed by atoms with Gasteiger partial charge in [-0.1, -0.05) is 0 Å². The topological polar surface area (TPSA) is 29.1 Å². The summed E-state index contributed by atoms with van der Waals surface area (Å²) in [5.74, 6) is 0. The average Bonchev–Trinajstić information content (AvgIpc) is 1.68. The van der Waals surface area contributed by atoms with E-state index in [0.29, 0.717) is 6.42 Å². The molecule has 2 nitrogen and oxygen atoms in total. The summed E-state index contributed by atoms with van der Waals surface area (Å²) in [6.45, 7) is 1.94. The van der Waals surface area contributed by atoms with E-state index in [2.05, 4.69) is 5.32 Å². The summed E-state index contributed by atoms with van der Waals surface area (Å²) in [5, 5.41) is 2.90. The second-order valence-corrected chi connectivity index (χ2v) is 1.54. The first-order chi connectivity index (χ1) is 3.31. The Balaban J connectivity index is 2.98. The van der Waals surface area contributed by atoms with Crippen LogP contribution in [0.2, 0.25) is 0 Å². The molecule has 0 aromatic carbocycles.